The Morgan fingerprint density at radius 1 is 1.00 bits per heavy atom. The summed E-state index contributed by atoms with van der Waals surface area (Å²) in [5.74, 6) is 1.33. The molecule has 28 heavy (non-hydrogen) atoms. The Balaban J connectivity index is 1.67. The minimum Gasteiger partial charge on any atom is -0.497 e. The first-order valence-corrected chi connectivity index (χ1v) is 10.7. The number of ether oxygens (including phenoxy) is 1. The van der Waals surface area contributed by atoms with E-state index in [1.807, 2.05) is 11.8 Å². The Labute approximate surface area is 170 Å². The van der Waals surface area contributed by atoms with Crippen molar-refractivity contribution in [3.8, 4) is 5.75 Å². The fourth-order valence-electron chi connectivity index (χ4n) is 4.29. The van der Waals surface area contributed by atoms with E-state index in [0.29, 0.717) is 11.2 Å². The number of aryl methyl sites for hydroxylation is 2. The van der Waals surface area contributed by atoms with Crippen molar-refractivity contribution in [1.29, 1.82) is 0 Å². The normalized spacial score (nSPS) is 20.3. The summed E-state index contributed by atoms with van der Waals surface area (Å²) in [7, 11) is 1.73. The van der Waals surface area contributed by atoms with Gasteiger partial charge < -0.3 is 4.74 Å². The summed E-state index contributed by atoms with van der Waals surface area (Å²) in [6, 6.07) is 24.0. The number of hydrogen-bond donors (Lipinski definition) is 0. The molecule has 0 aromatic heterocycles. The van der Waals surface area contributed by atoms with E-state index >= 15 is 0 Å². The minimum atomic E-state index is 0.373. The number of hydrogen-bond acceptors (Lipinski definition) is 3. The smallest absolute Gasteiger partial charge is 0.119 e. The highest BCUT2D eigenvalue weighted by Gasteiger charge is 2.36. The molecule has 1 aliphatic heterocycles. The first kappa shape index (κ1) is 17.6. The summed E-state index contributed by atoms with van der Waals surface area (Å²) in [4.78, 5) is 6.47. The van der Waals surface area contributed by atoms with Crippen molar-refractivity contribution in [2.45, 2.75) is 29.9 Å². The number of thioether (sulfide) groups is 1. The van der Waals surface area contributed by atoms with Crippen molar-refractivity contribution in [3.05, 3.63) is 89.0 Å². The van der Waals surface area contributed by atoms with Crippen LogP contribution in [0.3, 0.4) is 0 Å². The molecule has 5 rings (SSSR count). The van der Waals surface area contributed by atoms with Crippen LogP contribution in [0, 0.1) is 12.8 Å². The Morgan fingerprint density at radius 2 is 1.82 bits per heavy atom. The molecule has 0 amide bonds. The summed E-state index contributed by atoms with van der Waals surface area (Å²) in [6.07, 6.45) is 2.17. The van der Waals surface area contributed by atoms with Crippen molar-refractivity contribution in [3.63, 3.8) is 0 Å². The molecule has 0 spiro atoms. The molecule has 2 nitrogen and oxygen atoms in total. The second-order valence-corrected chi connectivity index (χ2v) is 8.77. The fraction of sp³-hybridized carbons (Fsp3) is 0.240. The van der Waals surface area contributed by atoms with Crippen LogP contribution in [-0.4, -0.2) is 12.8 Å². The maximum atomic E-state index is 5.45. The highest BCUT2D eigenvalue weighted by molar-refractivity contribution is 7.99. The monoisotopic (exact) mass is 385 g/mol. The topological polar surface area (TPSA) is 21.6 Å². The zero-order valence-corrected chi connectivity index (χ0v) is 17.0. The van der Waals surface area contributed by atoms with E-state index in [4.69, 9.17) is 9.73 Å². The van der Waals surface area contributed by atoms with Crippen LogP contribution >= 0.6 is 11.8 Å². The van der Waals surface area contributed by atoms with Crippen molar-refractivity contribution in [1.82, 2.24) is 0 Å². The molecule has 3 aromatic rings. The average molecular weight is 386 g/mol. The fourth-order valence-corrected chi connectivity index (χ4v) is 5.68. The van der Waals surface area contributed by atoms with Crippen LogP contribution in [-0.2, 0) is 6.42 Å². The highest BCUT2D eigenvalue weighted by Crippen LogP contribution is 2.51. The number of aliphatic imine (C=N–C) groups is 1. The molecule has 0 unspecified atom stereocenters. The summed E-state index contributed by atoms with van der Waals surface area (Å²) < 4.78 is 5.45. The van der Waals surface area contributed by atoms with E-state index in [9.17, 15) is 0 Å². The first-order valence-electron chi connectivity index (χ1n) is 9.81. The maximum Gasteiger partial charge on any atom is 0.119 e. The van der Waals surface area contributed by atoms with Crippen LogP contribution < -0.4 is 4.74 Å². The van der Waals surface area contributed by atoms with Crippen molar-refractivity contribution in [2.24, 2.45) is 10.9 Å². The molecule has 3 aromatic carbocycles. The second-order valence-electron chi connectivity index (χ2n) is 7.58. The molecule has 0 saturated carbocycles. The van der Waals surface area contributed by atoms with Gasteiger partial charge in [0.1, 0.15) is 5.75 Å². The predicted molar refractivity (Wildman–Crippen MR) is 117 cm³/mol. The van der Waals surface area contributed by atoms with Crippen molar-refractivity contribution >= 4 is 23.2 Å². The first-order chi connectivity index (χ1) is 13.7. The van der Waals surface area contributed by atoms with Gasteiger partial charge in [-0.1, -0.05) is 42.0 Å². The van der Waals surface area contributed by atoms with E-state index in [-0.39, 0.29) is 0 Å². The predicted octanol–water partition coefficient (Wildman–Crippen LogP) is 6.53. The molecule has 0 fully saturated rings. The van der Waals surface area contributed by atoms with Crippen LogP contribution in [0.25, 0.3) is 0 Å². The number of para-hydroxylation sites is 1. The Morgan fingerprint density at radius 3 is 2.64 bits per heavy atom. The molecule has 1 aliphatic carbocycles. The quantitative estimate of drug-likeness (QED) is 0.500. The van der Waals surface area contributed by atoms with Gasteiger partial charge in [-0.3, -0.25) is 4.99 Å². The molecule has 0 radical (unpaired) electrons. The van der Waals surface area contributed by atoms with Gasteiger partial charge >= 0.3 is 0 Å². The van der Waals surface area contributed by atoms with Crippen LogP contribution in [0.2, 0.25) is 0 Å². The lowest BCUT2D eigenvalue weighted by Gasteiger charge is -2.31. The third kappa shape index (κ3) is 3.04. The van der Waals surface area contributed by atoms with E-state index in [1.165, 1.54) is 32.9 Å². The number of benzene rings is 3. The van der Waals surface area contributed by atoms with Crippen LogP contribution in [0.4, 0.5) is 5.69 Å². The zero-order valence-electron chi connectivity index (χ0n) is 16.2. The van der Waals surface area contributed by atoms with Gasteiger partial charge in [0.05, 0.1) is 18.5 Å². The summed E-state index contributed by atoms with van der Waals surface area (Å²) >= 11 is 1.97. The third-order valence-corrected chi connectivity index (χ3v) is 7.25. The van der Waals surface area contributed by atoms with Crippen LogP contribution in [0.15, 0.2) is 76.6 Å². The van der Waals surface area contributed by atoms with Gasteiger partial charge in [-0.05, 0) is 66.8 Å². The van der Waals surface area contributed by atoms with Gasteiger partial charge in [0.2, 0.25) is 0 Å². The minimum absolute atomic E-state index is 0.373. The lowest BCUT2D eigenvalue weighted by molar-refractivity contribution is 0.414. The standard InChI is InChI=1S/C25H23NOS/c1-16-7-9-17(10-8-16)25-21-13-11-18-15-19(27-2)12-14-20(18)24(21)26-22-5-3-4-6-23(22)28-25/h3-10,12,14-15,21,25H,11,13H2,1-2H3/t21-,25-/m0/s1. The molecule has 0 bridgehead atoms. The third-order valence-electron chi connectivity index (χ3n) is 5.80. The second kappa shape index (κ2) is 7.14. The van der Waals surface area contributed by atoms with Gasteiger partial charge in [0, 0.05) is 16.1 Å². The Bertz CT molecular complexity index is 1050. The van der Waals surface area contributed by atoms with Gasteiger partial charge in [0.15, 0.2) is 0 Å². The molecule has 2 aliphatic rings. The number of rotatable bonds is 2. The molecule has 140 valence electrons. The lowest BCUT2D eigenvalue weighted by atomic mass is 9.78. The molecular formula is C25H23NOS. The van der Waals surface area contributed by atoms with Gasteiger partial charge in [-0.15, -0.1) is 11.8 Å². The SMILES string of the molecule is COc1ccc2c(c1)CC[C@H]1C2=Nc2ccccc2S[C@H]1c1ccc(C)cc1. The lowest BCUT2D eigenvalue weighted by Crippen LogP contribution is -2.27. The molecular weight excluding hydrogens is 362 g/mol. The summed E-state index contributed by atoms with van der Waals surface area (Å²) in [5, 5.41) is 0.373. The van der Waals surface area contributed by atoms with Gasteiger partial charge in [-0.2, -0.15) is 0 Å². The molecule has 0 saturated heterocycles. The van der Waals surface area contributed by atoms with E-state index in [1.54, 1.807) is 7.11 Å². The van der Waals surface area contributed by atoms with E-state index in [2.05, 4.69) is 73.7 Å². The number of fused-ring (bicyclic) bond motifs is 4. The van der Waals surface area contributed by atoms with Gasteiger partial charge in [0.25, 0.3) is 0 Å². The summed E-state index contributed by atoms with van der Waals surface area (Å²) in [6.45, 7) is 2.15. The van der Waals surface area contributed by atoms with E-state index < -0.39 is 0 Å². The molecule has 0 N–H and O–H groups in total. The Hall–Kier alpha value is -2.52. The molecule has 2 atom stereocenters. The zero-order chi connectivity index (χ0) is 19.1. The van der Waals surface area contributed by atoms with Gasteiger partial charge in [-0.25, -0.2) is 0 Å². The maximum absolute atomic E-state index is 5.45. The van der Waals surface area contributed by atoms with Crippen LogP contribution in [0.1, 0.15) is 33.9 Å². The average Bonchev–Trinajstić information content (AvgIpc) is 2.90. The van der Waals surface area contributed by atoms with Crippen molar-refractivity contribution < 1.29 is 4.74 Å². The van der Waals surface area contributed by atoms with Crippen LogP contribution in [0.5, 0.6) is 5.75 Å². The largest absolute Gasteiger partial charge is 0.497 e. The number of methoxy groups -OCH3 is 1. The Kier molecular flexibility index (Phi) is 4.48. The molecule has 3 heteroatoms. The highest BCUT2D eigenvalue weighted by atomic mass is 32.2. The number of nitrogens with zero attached hydrogens (tertiary/aromatic N) is 1. The van der Waals surface area contributed by atoms with Crippen molar-refractivity contribution in [2.75, 3.05) is 7.11 Å². The molecule has 1 heterocycles. The summed E-state index contributed by atoms with van der Waals surface area (Å²) in [5.41, 5.74) is 7.64. The van der Waals surface area contributed by atoms with E-state index in [0.717, 1.165) is 24.3 Å².